The molecular formula is C26H32N2O3. The van der Waals surface area contributed by atoms with E-state index in [1.165, 1.54) is 0 Å². The van der Waals surface area contributed by atoms with Gasteiger partial charge in [-0.3, -0.25) is 9.79 Å². The van der Waals surface area contributed by atoms with Crippen LogP contribution in [0, 0.1) is 5.92 Å². The third-order valence-corrected chi connectivity index (χ3v) is 5.09. The molecule has 0 aromatic heterocycles. The van der Waals surface area contributed by atoms with Gasteiger partial charge in [0.1, 0.15) is 11.6 Å². The molecule has 164 valence electrons. The van der Waals surface area contributed by atoms with Crippen LogP contribution in [0.2, 0.25) is 0 Å². The summed E-state index contributed by atoms with van der Waals surface area (Å²) in [7, 11) is 0. The monoisotopic (exact) mass is 420 g/mol. The van der Waals surface area contributed by atoms with Crippen molar-refractivity contribution in [2.75, 3.05) is 4.90 Å². The zero-order valence-electron chi connectivity index (χ0n) is 19.3. The van der Waals surface area contributed by atoms with E-state index in [-0.39, 0.29) is 5.91 Å². The van der Waals surface area contributed by atoms with Gasteiger partial charge >= 0.3 is 5.97 Å². The molecule has 1 aliphatic rings. The van der Waals surface area contributed by atoms with Crippen molar-refractivity contribution in [1.29, 1.82) is 0 Å². The van der Waals surface area contributed by atoms with Gasteiger partial charge in [-0.15, -0.1) is 0 Å². The molecule has 0 aliphatic carbocycles. The summed E-state index contributed by atoms with van der Waals surface area (Å²) >= 11 is 0. The van der Waals surface area contributed by atoms with Crippen molar-refractivity contribution >= 4 is 23.3 Å². The topological polar surface area (TPSA) is 59.0 Å². The van der Waals surface area contributed by atoms with Crippen LogP contribution in [-0.4, -0.2) is 29.2 Å². The molecule has 5 heteroatoms. The summed E-state index contributed by atoms with van der Waals surface area (Å²) < 4.78 is 5.55. The lowest BCUT2D eigenvalue weighted by Crippen LogP contribution is -2.38. The molecule has 0 fully saturated rings. The Morgan fingerprint density at radius 2 is 1.81 bits per heavy atom. The van der Waals surface area contributed by atoms with Crippen LogP contribution < -0.4 is 4.90 Å². The summed E-state index contributed by atoms with van der Waals surface area (Å²) in [6.45, 7) is 12.1. The second-order valence-corrected chi connectivity index (χ2v) is 9.50. The van der Waals surface area contributed by atoms with E-state index in [2.05, 4.69) is 13.8 Å². The number of fused-ring (bicyclic) bond motifs is 1. The van der Waals surface area contributed by atoms with Crippen molar-refractivity contribution in [2.45, 2.75) is 66.2 Å². The molecule has 1 amide bonds. The van der Waals surface area contributed by atoms with Crippen molar-refractivity contribution in [2.24, 2.45) is 10.9 Å². The maximum atomic E-state index is 13.6. The SMILES string of the molecule is CC1=N[C@H](CC(C)C)C(=O)N(Cc2ccccc2)c2cc(C(=O)OC(C)(C)C)ccc21. The Bertz CT molecular complexity index is 987. The standard InChI is InChI=1S/C26H32N2O3/c1-17(2)14-22-24(29)28(16-19-10-8-7-9-11-19)23-15-20(25(30)31-26(4,5)6)12-13-21(23)18(3)27-22/h7-13,15,17,22H,14,16H2,1-6H3/t22-/m1/s1. The highest BCUT2D eigenvalue weighted by Crippen LogP contribution is 2.31. The van der Waals surface area contributed by atoms with Crippen molar-refractivity contribution in [3.8, 4) is 0 Å². The minimum absolute atomic E-state index is 0.0445. The average molecular weight is 421 g/mol. The molecule has 1 heterocycles. The number of esters is 1. The van der Waals surface area contributed by atoms with Gasteiger partial charge in [-0.25, -0.2) is 4.79 Å². The Balaban J connectivity index is 2.08. The zero-order valence-corrected chi connectivity index (χ0v) is 19.3. The summed E-state index contributed by atoms with van der Waals surface area (Å²) in [5.74, 6) is -0.111. The fourth-order valence-electron chi connectivity index (χ4n) is 3.71. The van der Waals surface area contributed by atoms with Gasteiger partial charge in [0.15, 0.2) is 0 Å². The summed E-state index contributed by atoms with van der Waals surface area (Å²) in [6.07, 6.45) is 0.675. The Kier molecular flexibility index (Phi) is 6.63. The normalized spacial score (nSPS) is 16.6. The number of hydrogen-bond donors (Lipinski definition) is 0. The molecular weight excluding hydrogens is 388 g/mol. The predicted molar refractivity (Wildman–Crippen MR) is 125 cm³/mol. The first-order valence-electron chi connectivity index (χ1n) is 10.8. The molecule has 0 bridgehead atoms. The molecule has 0 saturated carbocycles. The van der Waals surface area contributed by atoms with Gasteiger partial charge in [0.25, 0.3) is 5.91 Å². The molecule has 0 N–H and O–H groups in total. The van der Waals surface area contributed by atoms with Crippen LogP contribution in [0.25, 0.3) is 0 Å². The van der Waals surface area contributed by atoms with Crippen LogP contribution in [-0.2, 0) is 16.1 Å². The van der Waals surface area contributed by atoms with Crippen LogP contribution in [0.15, 0.2) is 53.5 Å². The van der Waals surface area contributed by atoms with Crippen LogP contribution in [0.1, 0.15) is 69.4 Å². The lowest BCUT2D eigenvalue weighted by molar-refractivity contribution is -0.120. The highest BCUT2D eigenvalue weighted by molar-refractivity contribution is 6.12. The van der Waals surface area contributed by atoms with Crippen molar-refractivity contribution in [1.82, 2.24) is 0 Å². The third-order valence-electron chi connectivity index (χ3n) is 5.09. The number of benzene rings is 2. The molecule has 0 unspecified atom stereocenters. The van der Waals surface area contributed by atoms with Gasteiger partial charge in [0, 0.05) is 11.3 Å². The van der Waals surface area contributed by atoms with E-state index in [0.29, 0.717) is 30.1 Å². The lowest BCUT2D eigenvalue weighted by atomic mass is 10.0. The minimum Gasteiger partial charge on any atom is -0.456 e. The van der Waals surface area contributed by atoms with Crippen molar-refractivity contribution < 1.29 is 14.3 Å². The van der Waals surface area contributed by atoms with E-state index in [4.69, 9.17) is 9.73 Å². The molecule has 0 radical (unpaired) electrons. The molecule has 31 heavy (non-hydrogen) atoms. The molecule has 5 nitrogen and oxygen atoms in total. The number of amides is 1. The molecule has 0 saturated heterocycles. The maximum Gasteiger partial charge on any atom is 0.338 e. The fourth-order valence-corrected chi connectivity index (χ4v) is 3.71. The van der Waals surface area contributed by atoms with Crippen LogP contribution in [0.4, 0.5) is 5.69 Å². The predicted octanol–water partition coefficient (Wildman–Crippen LogP) is 5.41. The first-order chi connectivity index (χ1) is 14.5. The molecule has 2 aromatic carbocycles. The summed E-state index contributed by atoms with van der Waals surface area (Å²) in [6, 6.07) is 14.8. The van der Waals surface area contributed by atoms with Gasteiger partial charge in [-0.2, -0.15) is 0 Å². The van der Waals surface area contributed by atoms with Gasteiger partial charge in [0.05, 0.1) is 17.8 Å². The zero-order chi connectivity index (χ0) is 22.8. The number of aliphatic imine (C=N–C) groups is 1. The van der Waals surface area contributed by atoms with Gasteiger partial charge < -0.3 is 9.64 Å². The largest absolute Gasteiger partial charge is 0.456 e. The van der Waals surface area contributed by atoms with Crippen molar-refractivity contribution in [3.63, 3.8) is 0 Å². The van der Waals surface area contributed by atoms with E-state index >= 15 is 0 Å². The summed E-state index contributed by atoms with van der Waals surface area (Å²) in [5.41, 5.74) is 3.22. The number of rotatable bonds is 5. The lowest BCUT2D eigenvalue weighted by Gasteiger charge is -2.27. The number of benzodiazepines with no additional fused rings is 1. The quantitative estimate of drug-likeness (QED) is 0.608. The third kappa shape index (κ3) is 5.60. The van der Waals surface area contributed by atoms with Gasteiger partial charge in [0.2, 0.25) is 0 Å². The van der Waals surface area contributed by atoms with Crippen LogP contribution >= 0.6 is 0 Å². The number of ether oxygens (including phenoxy) is 1. The molecule has 0 spiro atoms. The Labute approximate surface area is 185 Å². The number of anilines is 1. The molecule has 2 aromatic rings. The van der Waals surface area contributed by atoms with Crippen molar-refractivity contribution in [3.05, 3.63) is 65.2 Å². The van der Waals surface area contributed by atoms with Gasteiger partial charge in [-0.05, 0) is 57.7 Å². The van der Waals surface area contributed by atoms with E-state index in [1.807, 2.05) is 64.1 Å². The second-order valence-electron chi connectivity index (χ2n) is 9.50. The summed E-state index contributed by atoms with van der Waals surface area (Å²) in [5, 5.41) is 0. The number of hydrogen-bond acceptors (Lipinski definition) is 4. The second kappa shape index (κ2) is 9.04. The molecule has 1 atom stereocenters. The van der Waals surface area contributed by atoms with E-state index in [0.717, 1.165) is 16.8 Å². The maximum absolute atomic E-state index is 13.6. The van der Waals surface area contributed by atoms with E-state index < -0.39 is 17.6 Å². The average Bonchev–Trinajstić information content (AvgIpc) is 2.77. The summed E-state index contributed by atoms with van der Waals surface area (Å²) in [4.78, 5) is 32.9. The van der Waals surface area contributed by atoms with E-state index in [9.17, 15) is 9.59 Å². The first-order valence-corrected chi connectivity index (χ1v) is 10.8. The van der Waals surface area contributed by atoms with Crippen LogP contribution in [0.5, 0.6) is 0 Å². The Hall–Kier alpha value is -2.95. The first kappa shape index (κ1) is 22.7. The highest BCUT2D eigenvalue weighted by atomic mass is 16.6. The Morgan fingerprint density at radius 3 is 2.42 bits per heavy atom. The van der Waals surface area contributed by atoms with E-state index in [1.54, 1.807) is 17.0 Å². The molecule has 3 rings (SSSR count). The molecule has 1 aliphatic heterocycles. The number of carbonyl (C=O) groups is 2. The number of nitrogens with zero attached hydrogens (tertiary/aromatic N) is 2. The minimum atomic E-state index is -0.594. The van der Waals surface area contributed by atoms with Crippen LogP contribution in [0.3, 0.4) is 0 Å². The Morgan fingerprint density at radius 1 is 1.13 bits per heavy atom. The van der Waals surface area contributed by atoms with Gasteiger partial charge in [-0.1, -0.05) is 50.2 Å². The highest BCUT2D eigenvalue weighted by Gasteiger charge is 2.32. The number of carbonyl (C=O) groups excluding carboxylic acids is 2. The fraction of sp³-hybridized carbons (Fsp3) is 0.423. The smallest absolute Gasteiger partial charge is 0.338 e.